The summed E-state index contributed by atoms with van der Waals surface area (Å²) >= 11 is 0. The molecule has 9 heteroatoms. The number of hydrogen-bond donors (Lipinski definition) is 1. The highest BCUT2D eigenvalue weighted by atomic mass is 19.1. The number of rotatable bonds is 7. The van der Waals surface area contributed by atoms with Gasteiger partial charge in [0.05, 0.1) is 24.7 Å². The fourth-order valence-corrected chi connectivity index (χ4v) is 4.61. The van der Waals surface area contributed by atoms with Gasteiger partial charge in [0.2, 0.25) is 6.79 Å². The molecular weight excluding hydrogens is 480 g/mol. The summed E-state index contributed by atoms with van der Waals surface area (Å²) in [6, 6.07) is 17.6. The van der Waals surface area contributed by atoms with Crippen LogP contribution in [-0.2, 0) is 13.1 Å². The number of fused-ring (bicyclic) bond motifs is 1. The molecule has 3 aromatic carbocycles. The monoisotopic (exact) mass is 505 g/mol. The molecule has 190 valence electrons. The van der Waals surface area contributed by atoms with Gasteiger partial charge in [-0.1, -0.05) is 42.5 Å². The van der Waals surface area contributed by atoms with Crippen LogP contribution in [0, 0.1) is 18.6 Å². The summed E-state index contributed by atoms with van der Waals surface area (Å²) in [7, 11) is 1.74. The Bertz CT molecular complexity index is 1560. The van der Waals surface area contributed by atoms with Crippen LogP contribution >= 0.6 is 0 Å². The minimum atomic E-state index is -0.772. The lowest BCUT2D eigenvalue weighted by molar-refractivity contribution is 0.174. The van der Waals surface area contributed by atoms with Crippen LogP contribution in [0.4, 0.5) is 8.78 Å². The van der Waals surface area contributed by atoms with Gasteiger partial charge < -0.3 is 14.8 Å². The lowest BCUT2D eigenvalue weighted by Gasteiger charge is -2.22. The average Bonchev–Trinajstić information content (AvgIpc) is 3.37. The third-order valence-electron chi connectivity index (χ3n) is 6.64. The zero-order valence-corrected chi connectivity index (χ0v) is 20.3. The Labute approximate surface area is 211 Å². The molecule has 0 saturated carbocycles. The van der Waals surface area contributed by atoms with E-state index in [9.17, 15) is 18.4 Å². The van der Waals surface area contributed by atoms with Gasteiger partial charge in [-0.15, -0.1) is 0 Å². The number of likely N-dealkylation sites (N-methyl/N-ethyl adjacent to an activating group) is 1. The highest BCUT2D eigenvalue weighted by molar-refractivity contribution is 5.68. The lowest BCUT2D eigenvalue weighted by atomic mass is 10.0. The van der Waals surface area contributed by atoms with E-state index < -0.39 is 22.9 Å². The molecule has 0 bridgehead atoms. The normalized spacial score (nSPS) is 13.1. The number of nitrogens with zero attached hydrogens (tertiary/aromatic N) is 2. The van der Waals surface area contributed by atoms with E-state index in [1.165, 1.54) is 10.6 Å². The maximum absolute atomic E-state index is 14.6. The van der Waals surface area contributed by atoms with Gasteiger partial charge in [-0.25, -0.2) is 13.6 Å². The van der Waals surface area contributed by atoms with Crippen LogP contribution in [0.1, 0.15) is 22.9 Å². The Morgan fingerprint density at radius 3 is 2.32 bits per heavy atom. The molecule has 5 rings (SSSR count). The number of aromatic nitrogens is 2. The van der Waals surface area contributed by atoms with E-state index >= 15 is 0 Å². The molecule has 2 heterocycles. The van der Waals surface area contributed by atoms with Crippen LogP contribution in [0.2, 0.25) is 0 Å². The molecule has 0 spiro atoms. The lowest BCUT2D eigenvalue weighted by Crippen LogP contribution is -2.44. The van der Waals surface area contributed by atoms with Crippen molar-refractivity contribution in [2.75, 3.05) is 13.8 Å². The zero-order valence-electron chi connectivity index (χ0n) is 20.3. The van der Waals surface area contributed by atoms with Crippen molar-refractivity contribution >= 4 is 0 Å². The van der Waals surface area contributed by atoms with Crippen molar-refractivity contribution in [3.05, 3.63) is 116 Å². The van der Waals surface area contributed by atoms with Crippen LogP contribution in [0.15, 0.2) is 76.3 Å². The van der Waals surface area contributed by atoms with Gasteiger partial charge in [0.25, 0.3) is 5.56 Å². The Morgan fingerprint density at radius 2 is 1.62 bits per heavy atom. The van der Waals surface area contributed by atoms with Gasteiger partial charge in [-0.3, -0.25) is 13.9 Å². The van der Waals surface area contributed by atoms with Crippen LogP contribution in [0.3, 0.4) is 0 Å². The summed E-state index contributed by atoms with van der Waals surface area (Å²) in [5.74, 6) is -0.530. The topological polar surface area (TPSA) is 74.5 Å². The Hall–Kier alpha value is -4.24. The molecule has 0 aliphatic carbocycles. The maximum atomic E-state index is 14.6. The Balaban J connectivity index is 1.71. The summed E-state index contributed by atoms with van der Waals surface area (Å²) in [5.41, 5.74) is 0.472. The number of ether oxygens (including phenoxy) is 2. The molecule has 1 N–H and O–H groups in total. The molecule has 0 amide bonds. The van der Waals surface area contributed by atoms with E-state index in [-0.39, 0.29) is 42.7 Å². The molecule has 4 aromatic rings. The molecule has 7 nitrogen and oxygen atoms in total. The zero-order chi connectivity index (χ0) is 26.1. The van der Waals surface area contributed by atoms with Crippen LogP contribution in [-0.4, -0.2) is 23.0 Å². The predicted octanol–water partition coefficient (Wildman–Crippen LogP) is 4.00. The standard InChI is InChI=1S/C28H25F2N3O4/c1-17-26(19-11-12-24-25(13-19)37-16-36-24)27(34)33(15-23(31-2)18-7-4-3-5-8-18)28(35)32(17)14-20-21(29)9-6-10-22(20)30/h3-13,23,31H,14-16H2,1-2H3/t23-/m0/s1. The first kappa shape index (κ1) is 24.5. The molecule has 0 radical (unpaired) electrons. The second-order valence-corrected chi connectivity index (χ2v) is 8.77. The van der Waals surface area contributed by atoms with E-state index in [0.29, 0.717) is 17.1 Å². The van der Waals surface area contributed by atoms with Crippen LogP contribution in [0.5, 0.6) is 11.5 Å². The third kappa shape index (κ3) is 4.53. The number of halogens is 2. The van der Waals surface area contributed by atoms with Gasteiger partial charge in [-0.2, -0.15) is 0 Å². The number of hydrogen-bond acceptors (Lipinski definition) is 5. The van der Waals surface area contributed by atoms with E-state index in [0.717, 1.165) is 22.3 Å². The molecule has 1 aromatic heterocycles. The quantitative estimate of drug-likeness (QED) is 0.411. The van der Waals surface area contributed by atoms with E-state index in [1.807, 2.05) is 30.3 Å². The Kier molecular flexibility index (Phi) is 6.62. The number of benzene rings is 3. The first-order valence-electron chi connectivity index (χ1n) is 11.8. The van der Waals surface area contributed by atoms with Crippen molar-refractivity contribution in [2.24, 2.45) is 0 Å². The second-order valence-electron chi connectivity index (χ2n) is 8.77. The third-order valence-corrected chi connectivity index (χ3v) is 6.64. The fourth-order valence-electron chi connectivity index (χ4n) is 4.61. The van der Waals surface area contributed by atoms with Crippen molar-refractivity contribution in [1.29, 1.82) is 0 Å². The van der Waals surface area contributed by atoms with Crippen molar-refractivity contribution in [1.82, 2.24) is 14.5 Å². The highest BCUT2D eigenvalue weighted by Gasteiger charge is 2.24. The maximum Gasteiger partial charge on any atom is 0.331 e. The molecular formula is C28H25F2N3O4. The van der Waals surface area contributed by atoms with Crippen molar-refractivity contribution in [3.8, 4) is 22.6 Å². The van der Waals surface area contributed by atoms with Gasteiger partial charge in [-0.05, 0) is 49.4 Å². The molecule has 1 atom stereocenters. The van der Waals surface area contributed by atoms with E-state index in [4.69, 9.17) is 9.47 Å². The molecule has 0 fully saturated rings. The minimum Gasteiger partial charge on any atom is -0.454 e. The summed E-state index contributed by atoms with van der Waals surface area (Å²) in [6.45, 7) is 1.29. The number of nitrogens with one attached hydrogen (secondary N) is 1. The summed E-state index contributed by atoms with van der Waals surface area (Å²) in [4.78, 5) is 27.5. The van der Waals surface area contributed by atoms with Crippen molar-refractivity contribution in [3.63, 3.8) is 0 Å². The highest BCUT2D eigenvalue weighted by Crippen LogP contribution is 2.35. The fraction of sp³-hybridized carbons (Fsp3) is 0.214. The molecule has 1 aliphatic rings. The van der Waals surface area contributed by atoms with Gasteiger partial charge in [0.15, 0.2) is 11.5 Å². The molecule has 37 heavy (non-hydrogen) atoms. The average molecular weight is 506 g/mol. The molecule has 0 saturated heterocycles. The van der Waals surface area contributed by atoms with Crippen LogP contribution in [0.25, 0.3) is 11.1 Å². The predicted molar refractivity (Wildman–Crippen MR) is 135 cm³/mol. The second kappa shape index (κ2) is 10.0. The van der Waals surface area contributed by atoms with E-state index in [1.54, 1.807) is 32.2 Å². The molecule has 1 aliphatic heterocycles. The SMILES string of the molecule is CN[C@@H](Cn1c(=O)c(-c2ccc3c(c2)OCO3)c(C)n(Cc2c(F)cccc2F)c1=O)c1ccccc1. The summed E-state index contributed by atoms with van der Waals surface area (Å²) < 4.78 is 42.4. The van der Waals surface area contributed by atoms with Crippen LogP contribution < -0.4 is 26.0 Å². The van der Waals surface area contributed by atoms with Gasteiger partial charge >= 0.3 is 5.69 Å². The minimum absolute atomic E-state index is 0.00969. The first-order chi connectivity index (χ1) is 17.9. The smallest absolute Gasteiger partial charge is 0.331 e. The summed E-state index contributed by atoms with van der Waals surface area (Å²) in [5, 5.41) is 3.15. The van der Waals surface area contributed by atoms with Gasteiger partial charge in [0.1, 0.15) is 11.6 Å². The van der Waals surface area contributed by atoms with Crippen molar-refractivity contribution in [2.45, 2.75) is 26.1 Å². The first-order valence-corrected chi connectivity index (χ1v) is 11.8. The summed E-state index contributed by atoms with van der Waals surface area (Å²) in [6.07, 6.45) is 0. The Morgan fingerprint density at radius 1 is 0.919 bits per heavy atom. The largest absolute Gasteiger partial charge is 0.454 e. The van der Waals surface area contributed by atoms with Gasteiger partial charge in [0, 0.05) is 11.3 Å². The molecule has 0 unspecified atom stereocenters. The van der Waals surface area contributed by atoms with E-state index in [2.05, 4.69) is 5.32 Å². The van der Waals surface area contributed by atoms with Crippen molar-refractivity contribution < 1.29 is 18.3 Å².